The van der Waals surface area contributed by atoms with Gasteiger partial charge in [-0.05, 0) is 6.07 Å². The van der Waals surface area contributed by atoms with E-state index in [2.05, 4.69) is 10.6 Å². The van der Waals surface area contributed by atoms with E-state index in [0.717, 1.165) is 18.7 Å². The van der Waals surface area contributed by atoms with Gasteiger partial charge >= 0.3 is 0 Å². The number of amides is 1. The summed E-state index contributed by atoms with van der Waals surface area (Å²) in [6.07, 6.45) is 0.665. The zero-order valence-electron chi connectivity index (χ0n) is 11.6. The summed E-state index contributed by atoms with van der Waals surface area (Å²) in [6.45, 7) is 3.21. The van der Waals surface area contributed by atoms with E-state index in [1.165, 1.54) is 0 Å². The fourth-order valence-electron chi connectivity index (χ4n) is 2.59. The lowest BCUT2D eigenvalue weighted by Crippen LogP contribution is -2.45. The van der Waals surface area contributed by atoms with Crippen molar-refractivity contribution in [2.24, 2.45) is 0 Å². The average molecular weight is 312 g/mol. The Balaban J connectivity index is 1.73. The molecule has 0 spiro atoms. The Morgan fingerprint density at radius 2 is 2.38 bits per heavy atom. The number of hydrogen-bond donors (Lipinski definition) is 3. The molecule has 6 nitrogen and oxygen atoms in total. The molecule has 2 aliphatic rings. The van der Waals surface area contributed by atoms with Crippen LogP contribution in [0, 0.1) is 0 Å². The van der Waals surface area contributed by atoms with Crippen molar-refractivity contribution < 1.29 is 14.3 Å². The molecule has 7 heteroatoms. The Morgan fingerprint density at radius 1 is 1.52 bits per heavy atom. The molecule has 1 saturated heterocycles. The van der Waals surface area contributed by atoms with Crippen molar-refractivity contribution in [3.05, 3.63) is 22.2 Å². The van der Waals surface area contributed by atoms with Gasteiger partial charge in [0.1, 0.15) is 5.75 Å². The number of benzene rings is 1. The van der Waals surface area contributed by atoms with Gasteiger partial charge in [0.2, 0.25) is 0 Å². The number of hydrogen-bond acceptors (Lipinski definition) is 5. The number of carbonyl (C=O) groups excluding carboxylic acids is 1. The molecule has 0 aromatic heterocycles. The second-order valence-corrected chi connectivity index (χ2v) is 5.54. The van der Waals surface area contributed by atoms with Crippen molar-refractivity contribution in [3.63, 3.8) is 0 Å². The third-order valence-electron chi connectivity index (χ3n) is 3.71. The van der Waals surface area contributed by atoms with Crippen molar-refractivity contribution >= 4 is 23.2 Å². The smallest absolute Gasteiger partial charge is 0.255 e. The van der Waals surface area contributed by atoms with Gasteiger partial charge in [-0.15, -0.1) is 0 Å². The molecule has 0 saturated carbocycles. The first-order valence-electron chi connectivity index (χ1n) is 7.01. The lowest BCUT2D eigenvalue weighted by molar-refractivity contribution is 0.0287. The largest absolute Gasteiger partial charge is 0.492 e. The zero-order chi connectivity index (χ0) is 14.8. The molecule has 1 unspecified atom stereocenters. The molecule has 0 radical (unpaired) electrons. The van der Waals surface area contributed by atoms with Crippen LogP contribution in [0.4, 0.5) is 5.69 Å². The van der Waals surface area contributed by atoms with Crippen LogP contribution in [0.2, 0.25) is 5.02 Å². The molecule has 0 aliphatic carbocycles. The highest BCUT2D eigenvalue weighted by Crippen LogP contribution is 2.38. The Bertz CT molecular complexity index is 559. The van der Waals surface area contributed by atoms with Crippen LogP contribution in [0.3, 0.4) is 0 Å². The van der Waals surface area contributed by atoms with Crippen molar-refractivity contribution in [1.29, 1.82) is 0 Å². The Labute approximate surface area is 127 Å². The van der Waals surface area contributed by atoms with E-state index in [-0.39, 0.29) is 12.0 Å². The molecule has 3 rings (SSSR count). The van der Waals surface area contributed by atoms with Crippen LogP contribution < -0.4 is 21.1 Å². The molecular weight excluding hydrogens is 294 g/mol. The van der Waals surface area contributed by atoms with Crippen LogP contribution in [0.15, 0.2) is 6.07 Å². The highest BCUT2D eigenvalue weighted by Gasteiger charge is 2.25. The lowest BCUT2D eigenvalue weighted by atomic mass is 10.1. The van der Waals surface area contributed by atoms with Gasteiger partial charge in [0.25, 0.3) is 5.91 Å². The molecule has 0 bridgehead atoms. The fourth-order valence-corrected chi connectivity index (χ4v) is 2.81. The number of morpholine rings is 1. The third-order valence-corrected chi connectivity index (χ3v) is 4.02. The monoisotopic (exact) mass is 311 g/mol. The number of nitrogens with two attached hydrogens (primary N) is 1. The highest BCUT2D eigenvalue weighted by atomic mass is 35.5. The number of rotatable bonds is 3. The maximum absolute atomic E-state index is 12.3. The topological polar surface area (TPSA) is 85.6 Å². The number of fused-ring (bicyclic) bond motifs is 1. The fraction of sp³-hybridized carbons (Fsp3) is 0.500. The van der Waals surface area contributed by atoms with Gasteiger partial charge < -0.3 is 25.8 Å². The summed E-state index contributed by atoms with van der Waals surface area (Å²) in [5, 5.41) is 6.47. The maximum atomic E-state index is 12.3. The van der Waals surface area contributed by atoms with Gasteiger partial charge in [-0.3, -0.25) is 4.79 Å². The minimum atomic E-state index is -0.218. The number of anilines is 1. The summed E-state index contributed by atoms with van der Waals surface area (Å²) in [4.78, 5) is 12.3. The second-order valence-electron chi connectivity index (χ2n) is 5.13. The summed E-state index contributed by atoms with van der Waals surface area (Å²) >= 11 is 6.10. The van der Waals surface area contributed by atoms with Gasteiger partial charge in [-0.25, -0.2) is 0 Å². The first kappa shape index (κ1) is 14.4. The summed E-state index contributed by atoms with van der Waals surface area (Å²) in [6, 6.07) is 1.57. The van der Waals surface area contributed by atoms with E-state index < -0.39 is 0 Å². The third kappa shape index (κ3) is 2.92. The van der Waals surface area contributed by atoms with Gasteiger partial charge in [0.05, 0.1) is 35.6 Å². The summed E-state index contributed by atoms with van der Waals surface area (Å²) in [7, 11) is 0. The van der Waals surface area contributed by atoms with Crippen LogP contribution in [0.5, 0.6) is 5.75 Å². The van der Waals surface area contributed by atoms with E-state index >= 15 is 0 Å². The van der Waals surface area contributed by atoms with Crippen molar-refractivity contribution in [3.8, 4) is 5.75 Å². The molecule has 1 fully saturated rings. The van der Waals surface area contributed by atoms with Crippen LogP contribution in [0.25, 0.3) is 0 Å². The molecule has 4 N–H and O–H groups in total. The van der Waals surface area contributed by atoms with Crippen LogP contribution >= 0.6 is 11.6 Å². The number of halogens is 1. The van der Waals surface area contributed by atoms with Crippen molar-refractivity contribution in [2.75, 3.05) is 38.6 Å². The minimum absolute atomic E-state index is 0.0130. The standard InChI is InChI=1S/C14H18ClN3O3/c15-11-5-10(13-9(12(11)16)1-3-21-13)14(19)18-7-8-6-17-2-4-20-8/h5,8,17H,1-4,6-7,16H2,(H,18,19). The van der Waals surface area contributed by atoms with Gasteiger partial charge in [0, 0.05) is 31.6 Å². The number of nitrogens with one attached hydrogen (secondary N) is 2. The lowest BCUT2D eigenvalue weighted by Gasteiger charge is -2.24. The average Bonchev–Trinajstić information content (AvgIpc) is 2.99. The van der Waals surface area contributed by atoms with Crippen molar-refractivity contribution in [1.82, 2.24) is 10.6 Å². The Morgan fingerprint density at radius 3 is 3.14 bits per heavy atom. The first-order valence-corrected chi connectivity index (χ1v) is 7.38. The molecule has 1 amide bonds. The summed E-state index contributed by atoms with van der Waals surface area (Å²) in [5.41, 5.74) is 7.68. The molecular formula is C14H18ClN3O3. The molecule has 114 valence electrons. The number of ether oxygens (including phenoxy) is 2. The molecule has 1 atom stereocenters. The van der Waals surface area contributed by atoms with Gasteiger partial charge in [0.15, 0.2) is 0 Å². The number of nitrogen functional groups attached to an aromatic ring is 1. The quantitative estimate of drug-likeness (QED) is 0.711. The molecule has 1 aromatic carbocycles. The van der Waals surface area contributed by atoms with Crippen LogP contribution in [-0.4, -0.2) is 44.9 Å². The minimum Gasteiger partial charge on any atom is -0.492 e. The SMILES string of the molecule is Nc1c(Cl)cc(C(=O)NCC2CNCCO2)c2c1CCO2. The van der Waals surface area contributed by atoms with Gasteiger partial charge in [-0.2, -0.15) is 0 Å². The van der Waals surface area contributed by atoms with E-state index in [1.54, 1.807) is 6.07 Å². The molecule has 1 aromatic rings. The first-order chi connectivity index (χ1) is 10.2. The predicted octanol–water partition coefficient (Wildman–Crippen LogP) is 0.575. The summed E-state index contributed by atoms with van der Waals surface area (Å²) < 4.78 is 11.1. The Kier molecular flexibility index (Phi) is 4.19. The zero-order valence-corrected chi connectivity index (χ0v) is 12.3. The predicted molar refractivity (Wildman–Crippen MR) is 80.0 cm³/mol. The van der Waals surface area contributed by atoms with E-state index in [1.807, 2.05) is 0 Å². The highest BCUT2D eigenvalue weighted by molar-refractivity contribution is 6.33. The molecule has 21 heavy (non-hydrogen) atoms. The van der Waals surface area contributed by atoms with Crippen molar-refractivity contribution in [2.45, 2.75) is 12.5 Å². The maximum Gasteiger partial charge on any atom is 0.255 e. The second kappa shape index (κ2) is 6.09. The Hall–Kier alpha value is -1.50. The molecule has 2 heterocycles. The molecule has 2 aliphatic heterocycles. The normalized spacial score (nSPS) is 20.7. The van der Waals surface area contributed by atoms with Crippen LogP contribution in [-0.2, 0) is 11.2 Å². The van der Waals surface area contributed by atoms with E-state index in [0.29, 0.717) is 48.2 Å². The van der Waals surface area contributed by atoms with E-state index in [9.17, 15) is 4.79 Å². The summed E-state index contributed by atoms with van der Waals surface area (Å²) in [5.74, 6) is 0.335. The van der Waals surface area contributed by atoms with Crippen LogP contribution in [0.1, 0.15) is 15.9 Å². The number of carbonyl (C=O) groups is 1. The van der Waals surface area contributed by atoms with Gasteiger partial charge in [-0.1, -0.05) is 11.6 Å². The van der Waals surface area contributed by atoms with E-state index in [4.69, 9.17) is 26.8 Å².